The minimum Gasteiger partial charge on any atom is -0.492 e. The van der Waals surface area contributed by atoms with E-state index in [0.717, 1.165) is 57.1 Å². The lowest BCUT2D eigenvalue weighted by molar-refractivity contribution is -0.138. The van der Waals surface area contributed by atoms with Gasteiger partial charge in [0.1, 0.15) is 18.0 Å². The molecule has 1 atom stereocenters. The number of rotatable bonds is 8. The number of hydrogen-bond acceptors (Lipinski definition) is 5. The Balaban J connectivity index is 1.46. The second kappa shape index (κ2) is 8.17. The fourth-order valence-corrected chi connectivity index (χ4v) is 3.09. The summed E-state index contributed by atoms with van der Waals surface area (Å²) in [5.74, 6) is 1.04. The number of benzene rings is 1. The minimum atomic E-state index is -0.743. The molecule has 0 aromatic heterocycles. The van der Waals surface area contributed by atoms with Crippen molar-refractivity contribution in [1.29, 1.82) is 0 Å². The number of ether oxygens (including phenoxy) is 3. The molecule has 0 unspecified atom stereocenters. The van der Waals surface area contributed by atoms with Gasteiger partial charge in [0.15, 0.2) is 0 Å². The monoisotopic (exact) mass is 348 g/mol. The average Bonchev–Trinajstić information content (AvgIpc) is 3.49. The standard InChI is InChI=1S/C19H28N2O4/c1-19(23-2,15-3-4-15)18(22)20-16-5-7-17(8-6-16)25-14-11-21-9-12-24-13-10-21/h5-8,15H,3-4,9-14H2,1-2H3,(H,20,22)/t19-/m1/s1. The van der Waals surface area contributed by atoms with Crippen LogP contribution in [0.1, 0.15) is 19.8 Å². The van der Waals surface area contributed by atoms with Gasteiger partial charge in [-0.25, -0.2) is 0 Å². The van der Waals surface area contributed by atoms with Crippen LogP contribution < -0.4 is 10.1 Å². The molecule has 1 aliphatic carbocycles. The zero-order chi connectivity index (χ0) is 17.7. The Labute approximate surface area is 149 Å². The maximum Gasteiger partial charge on any atom is 0.256 e. The number of hydrogen-bond donors (Lipinski definition) is 1. The van der Waals surface area contributed by atoms with Crippen LogP contribution in [0.4, 0.5) is 5.69 Å². The Morgan fingerprint density at radius 2 is 1.96 bits per heavy atom. The van der Waals surface area contributed by atoms with Crippen molar-refractivity contribution < 1.29 is 19.0 Å². The second-order valence-electron chi connectivity index (χ2n) is 6.87. The van der Waals surface area contributed by atoms with Crippen LogP contribution >= 0.6 is 0 Å². The molecule has 6 nitrogen and oxygen atoms in total. The van der Waals surface area contributed by atoms with Gasteiger partial charge in [0.2, 0.25) is 0 Å². The maximum atomic E-state index is 12.5. The van der Waals surface area contributed by atoms with Crippen molar-refractivity contribution in [2.75, 3.05) is 51.9 Å². The first-order valence-corrected chi connectivity index (χ1v) is 9.01. The molecule has 1 saturated carbocycles. The Kier molecular flexibility index (Phi) is 5.93. The quantitative estimate of drug-likeness (QED) is 0.780. The Hall–Kier alpha value is -1.63. The third kappa shape index (κ3) is 4.71. The van der Waals surface area contributed by atoms with E-state index in [1.807, 2.05) is 31.2 Å². The molecule has 1 saturated heterocycles. The van der Waals surface area contributed by atoms with E-state index < -0.39 is 5.60 Å². The van der Waals surface area contributed by atoms with Crippen LogP contribution in [0.2, 0.25) is 0 Å². The molecule has 1 amide bonds. The predicted octanol–water partition coefficient (Wildman–Crippen LogP) is 2.15. The highest BCUT2D eigenvalue weighted by atomic mass is 16.5. The van der Waals surface area contributed by atoms with Crippen molar-refractivity contribution in [3.05, 3.63) is 24.3 Å². The zero-order valence-corrected chi connectivity index (χ0v) is 15.1. The highest BCUT2D eigenvalue weighted by molar-refractivity contribution is 5.97. The maximum absolute atomic E-state index is 12.5. The largest absolute Gasteiger partial charge is 0.492 e. The Morgan fingerprint density at radius 3 is 2.56 bits per heavy atom. The summed E-state index contributed by atoms with van der Waals surface area (Å²) in [7, 11) is 1.60. The molecule has 6 heteroatoms. The van der Waals surface area contributed by atoms with Crippen molar-refractivity contribution in [3.8, 4) is 5.75 Å². The van der Waals surface area contributed by atoms with Gasteiger partial charge >= 0.3 is 0 Å². The van der Waals surface area contributed by atoms with Gasteiger partial charge < -0.3 is 19.5 Å². The summed E-state index contributed by atoms with van der Waals surface area (Å²) in [5.41, 5.74) is 0.0160. The van der Waals surface area contributed by atoms with E-state index in [-0.39, 0.29) is 5.91 Å². The molecule has 1 aliphatic heterocycles. The molecule has 1 aromatic carbocycles. The van der Waals surface area contributed by atoms with E-state index >= 15 is 0 Å². The lowest BCUT2D eigenvalue weighted by Gasteiger charge is -2.27. The molecular weight excluding hydrogens is 320 g/mol. The van der Waals surface area contributed by atoms with Gasteiger partial charge in [0.05, 0.1) is 13.2 Å². The first kappa shape index (κ1) is 18.2. The number of morpholine rings is 1. The summed E-state index contributed by atoms with van der Waals surface area (Å²) in [6.07, 6.45) is 2.10. The van der Waals surface area contributed by atoms with Crippen LogP contribution in [-0.4, -0.2) is 63.0 Å². The number of anilines is 1. The molecule has 2 fully saturated rings. The summed E-state index contributed by atoms with van der Waals surface area (Å²) in [6, 6.07) is 7.50. The van der Waals surface area contributed by atoms with E-state index in [9.17, 15) is 4.79 Å². The molecule has 0 bridgehead atoms. The van der Waals surface area contributed by atoms with E-state index in [2.05, 4.69) is 10.2 Å². The lowest BCUT2D eigenvalue weighted by Crippen LogP contribution is -2.44. The summed E-state index contributed by atoms with van der Waals surface area (Å²) in [5, 5.41) is 2.95. The average molecular weight is 348 g/mol. The van der Waals surface area contributed by atoms with Gasteiger partial charge in [-0.2, -0.15) is 0 Å². The van der Waals surface area contributed by atoms with Crippen molar-refractivity contribution >= 4 is 11.6 Å². The van der Waals surface area contributed by atoms with Gasteiger partial charge in [0.25, 0.3) is 5.91 Å². The van der Waals surface area contributed by atoms with Crippen molar-refractivity contribution in [2.24, 2.45) is 5.92 Å². The molecule has 3 rings (SSSR count). The predicted molar refractivity (Wildman–Crippen MR) is 96.0 cm³/mol. The van der Waals surface area contributed by atoms with Gasteiger partial charge in [-0.3, -0.25) is 9.69 Å². The van der Waals surface area contributed by atoms with Gasteiger partial charge in [-0.15, -0.1) is 0 Å². The smallest absolute Gasteiger partial charge is 0.256 e. The van der Waals surface area contributed by atoms with E-state index in [1.165, 1.54) is 0 Å². The molecule has 1 aromatic rings. The van der Waals surface area contributed by atoms with E-state index in [0.29, 0.717) is 12.5 Å². The van der Waals surface area contributed by atoms with Crippen LogP contribution in [0, 0.1) is 5.92 Å². The van der Waals surface area contributed by atoms with Crippen LogP contribution in [0.3, 0.4) is 0 Å². The number of nitrogens with one attached hydrogen (secondary N) is 1. The molecule has 1 heterocycles. The number of amides is 1. The highest BCUT2D eigenvalue weighted by Gasteiger charge is 2.47. The van der Waals surface area contributed by atoms with E-state index in [4.69, 9.17) is 14.2 Å². The number of carbonyl (C=O) groups excluding carboxylic acids is 1. The first-order valence-electron chi connectivity index (χ1n) is 9.01. The molecule has 0 spiro atoms. The SMILES string of the molecule is CO[C@@](C)(C(=O)Nc1ccc(OCCN2CCOCC2)cc1)C1CC1. The normalized spacial score (nSPS) is 20.7. The summed E-state index contributed by atoms with van der Waals surface area (Å²) >= 11 is 0. The molecule has 1 N–H and O–H groups in total. The van der Waals surface area contributed by atoms with Crippen LogP contribution in [0.15, 0.2) is 24.3 Å². The third-order valence-electron chi connectivity index (χ3n) is 5.12. The second-order valence-corrected chi connectivity index (χ2v) is 6.87. The number of nitrogens with zero attached hydrogens (tertiary/aromatic N) is 1. The molecule has 0 radical (unpaired) electrons. The molecule has 138 valence electrons. The summed E-state index contributed by atoms with van der Waals surface area (Å²) < 4.78 is 16.6. The molecular formula is C19H28N2O4. The number of carbonyl (C=O) groups is 1. The van der Waals surface area contributed by atoms with E-state index in [1.54, 1.807) is 7.11 Å². The third-order valence-corrected chi connectivity index (χ3v) is 5.12. The van der Waals surface area contributed by atoms with Crippen molar-refractivity contribution in [2.45, 2.75) is 25.4 Å². The Morgan fingerprint density at radius 1 is 1.28 bits per heavy atom. The van der Waals surface area contributed by atoms with Crippen molar-refractivity contribution in [3.63, 3.8) is 0 Å². The van der Waals surface area contributed by atoms with Gasteiger partial charge in [-0.05, 0) is 49.9 Å². The van der Waals surface area contributed by atoms with Gasteiger partial charge in [0, 0.05) is 32.4 Å². The zero-order valence-electron chi connectivity index (χ0n) is 15.1. The summed E-state index contributed by atoms with van der Waals surface area (Å²) in [6.45, 7) is 6.94. The fraction of sp³-hybridized carbons (Fsp3) is 0.632. The van der Waals surface area contributed by atoms with Crippen LogP contribution in [0.25, 0.3) is 0 Å². The number of methoxy groups -OCH3 is 1. The minimum absolute atomic E-state index is 0.0847. The lowest BCUT2D eigenvalue weighted by atomic mass is 9.99. The van der Waals surface area contributed by atoms with Crippen molar-refractivity contribution in [1.82, 2.24) is 4.90 Å². The fourth-order valence-electron chi connectivity index (χ4n) is 3.09. The summed E-state index contributed by atoms with van der Waals surface area (Å²) in [4.78, 5) is 14.8. The molecule has 25 heavy (non-hydrogen) atoms. The topological polar surface area (TPSA) is 60.0 Å². The van der Waals surface area contributed by atoms with Crippen LogP contribution in [0.5, 0.6) is 5.75 Å². The molecule has 2 aliphatic rings. The van der Waals surface area contributed by atoms with Gasteiger partial charge in [-0.1, -0.05) is 0 Å². The first-order chi connectivity index (χ1) is 12.1. The highest BCUT2D eigenvalue weighted by Crippen LogP contribution is 2.42. The Bertz CT molecular complexity index is 567. The van der Waals surface area contributed by atoms with Crippen LogP contribution in [-0.2, 0) is 14.3 Å².